The maximum absolute atomic E-state index is 13.0. The van der Waals surface area contributed by atoms with E-state index in [9.17, 15) is 14.4 Å². The highest BCUT2D eigenvalue weighted by atomic mass is 35.5. The van der Waals surface area contributed by atoms with Crippen molar-refractivity contribution in [3.05, 3.63) is 22.5 Å². The van der Waals surface area contributed by atoms with Crippen molar-refractivity contribution < 1.29 is 23.9 Å². The third-order valence-corrected chi connectivity index (χ3v) is 3.90. The van der Waals surface area contributed by atoms with Crippen molar-refractivity contribution >= 4 is 41.0 Å². The van der Waals surface area contributed by atoms with Crippen LogP contribution in [0.1, 0.15) is 64.4 Å². The summed E-state index contributed by atoms with van der Waals surface area (Å²) in [5.74, 6) is -0.310. The van der Waals surface area contributed by atoms with Crippen LogP contribution < -0.4 is 4.90 Å². The van der Waals surface area contributed by atoms with Gasteiger partial charge in [-0.1, -0.05) is 11.6 Å². The number of ether oxygens (including phenoxy) is 2. The zero-order valence-electron chi connectivity index (χ0n) is 17.8. The van der Waals surface area contributed by atoms with Gasteiger partial charge in [-0.15, -0.1) is 0 Å². The fraction of sp³-hybridized carbons (Fsp3) is 0.526. The summed E-state index contributed by atoms with van der Waals surface area (Å²) < 4.78 is 12.0. The highest BCUT2D eigenvalue weighted by Gasteiger charge is 2.36. The number of amides is 2. The van der Waals surface area contributed by atoms with Crippen LogP contribution in [0.2, 0.25) is 5.15 Å². The molecule has 2 amide bonds. The number of carbonyl (C=O) groups is 3. The fourth-order valence-electron chi connectivity index (χ4n) is 2.41. The molecule has 0 aliphatic heterocycles. The van der Waals surface area contributed by atoms with Crippen molar-refractivity contribution in [3.63, 3.8) is 0 Å². The normalized spacial score (nSPS) is 12.0. The molecule has 0 bridgehead atoms. The Labute approximate surface area is 173 Å². The zero-order chi connectivity index (χ0) is 22.3. The first-order valence-corrected chi connectivity index (χ1v) is 9.31. The van der Waals surface area contributed by atoms with Crippen LogP contribution in [0.25, 0.3) is 5.65 Å². The van der Waals surface area contributed by atoms with E-state index in [-0.39, 0.29) is 33.5 Å². The minimum atomic E-state index is -0.974. The summed E-state index contributed by atoms with van der Waals surface area (Å²) in [6.45, 7) is 12.9. The van der Waals surface area contributed by atoms with E-state index in [0.717, 1.165) is 0 Å². The first-order valence-electron chi connectivity index (χ1n) is 8.93. The predicted molar refractivity (Wildman–Crippen MR) is 108 cm³/mol. The number of aromatic nitrogens is 3. The summed E-state index contributed by atoms with van der Waals surface area (Å²) in [7, 11) is 0. The molecule has 2 rings (SSSR count). The van der Waals surface area contributed by atoms with Crippen molar-refractivity contribution in [1.29, 1.82) is 0 Å². The van der Waals surface area contributed by atoms with Gasteiger partial charge in [0.1, 0.15) is 16.4 Å². The fourth-order valence-corrected chi connectivity index (χ4v) is 2.57. The summed E-state index contributed by atoms with van der Waals surface area (Å²) in [5, 5.41) is 4.14. The molecular formula is C19H25ClN4O5. The average molecular weight is 425 g/mol. The van der Waals surface area contributed by atoms with Crippen LogP contribution in [0.4, 0.5) is 15.4 Å². The second-order valence-electron chi connectivity index (χ2n) is 8.50. The van der Waals surface area contributed by atoms with Gasteiger partial charge < -0.3 is 9.47 Å². The number of halogens is 1. The van der Waals surface area contributed by atoms with Gasteiger partial charge in [0.2, 0.25) is 0 Å². The van der Waals surface area contributed by atoms with Crippen molar-refractivity contribution in [3.8, 4) is 0 Å². The SMILES string of the molecule is CC(=O)c1cnn2c(N(C(=O)OC(C)(C)C)C(=O)OC(C)(C)C)c(C)c(Cl)nc12. The Kier molecular flexibility index (Phi) is 5.94. The number of hydrogen-bond donors (Lipinski definition) is 0. The number of imide groups is 1. The average Bonchev–Trinajstić information content (AvgIpc) is 2.91. The lowest BCUT2D eigenvalue weighted by atomic mass is 10.2. The molecule has 0 spiro atoms. The smallest absolute Gasteiger partial charge is 0.425 e. The standard InChI is InChI=1S/C19H25ClN4O5/c1-10-13(20)22-14-12(11(2)25)9-21-24(14)15(10)23(16(26)28-18(3,4)5)17(27)29-19(6,7)8/h9H,1-8H3. The number of hydrogen-bond acceptors (Lipinski definition) is 7. The summed E-state index contributed by atoms with van der Waals surface area (Å²) >= 11 is 6.25. The molecule has 158 valence electrons. The first kappa shape index (κ1) is 22.6. The molecule has 2 heterocycles. The van der Waals surface area contributed by atoms with E-state index >= 15 is 0 Å². The van der Waals surface area contributed by atoms with E-state index in [2.05, 4.69) is 10.1 Å². The minimum Gasteiger partial charge on any atom is -0.443 e. The Morgan fingerprint density at radius 1 is 1.03 bits per heavy atom. The van der Waals surface area contributed by atoms with Gasteiger partial charge in [0.05, 0.1) is 11.8 Å². The summed E-state index contributed by atoms with van der Waals surface area (Å²) in [5.41, 5.74) is -1.16. The van der Waals surface area contributed by atoms with E-state index in [1.54, 1.807) is 48.5 Å². The van der Waals surface area contributed by atoms with Crippen LogP contribution in [-0.2, 0) is 9.47 Å². The van der Waals surface area contributed by atoms with Gasteiger partial charge in [-0.3, -0.25) is 4.79 Å². The maximum Gasteiger partial charge on any atom is 0.425 e. The molecule has 0 atom stereocenters. The molecule has 2 aromatic rings. The molecule has 0 saturated carbocycles. The van der Waals surface area contributed by atoms with Crippen LogP contribution in [-0.4, -0.2) is 43.8 Å². The Hall–Kier alpha value is -2.68. The Balaban J connectivity index is 2.77. The largest absolute Gasteiger partial charge is 0.443 e. The van der Waals surface area contributed by atoms with Crippen LogP contribution >= 0.6 is 11.6 Å². The molecule has 0 fully saturated rings. The minimum absolute atomic E-state index is 0.00705. The van der Waals surface area contributed by atoms with Gasteiger partial charge in [0.15, 0.2) is 17.2 Å². The quantitative estimate of drug-likeness (QED) is 0.513. The van der Waals surface area contributed by atoms with Gasteiger partial charge >= 0.3 is 12.2 Å². The van der Waals surface area contributed by atoms with E-state index in [1.165, 1.54) is 17.6 Å². The molecule has 0 aromatic carbocycles. The second-order valence-corrected chi connectivity index (χ2v) is 8.86. The van der Waals surface area contributed by atoms with Crippen LogP contribution in [0.3, 0.4) is 0 Å². The van der Waals surface area contributed by atoms with Crippen molar-refractivity contribution in [2.45, 2.75) is 66.6 Å². The number of Topliss-reactive ketones (excluding diaryl/α,β-unsaturated/α-hetero) is 1. The third-order valence-electron chi connectivity index (χ3n) is 3.54. The lowest BCUT2D eigenvalue weighted by Gasteiger charge is -2.29. The number of rotatable bonds is 2. The third kappa shape index (κ3) is 5.03. The van der Waals surface area contributed by atoms with Gasteiger partial charge in [0.25, 0.3) is 0 Å². The molecular weight excluding hydrogens is 400 g/mol. The summed E-state index contributed by atoms with van der Waals surface area (Å²) in [6.07, 6.45) is -0.650. The highest BCUT2D eigenvalue weighted by Crippen LogP contribution is 2.30. The number of nitrogens with zero attached hydrogens (tertiary/aromatic N) is 4. The van der Waals surface area contributed by atoms with E-state index in [1.807, 2.05) is 0 Å². The van der Waals surface area contributed by atoms with Crippen molar-refractivity contribution in [2.75, 3.05) is 4.90 Å². The molecule has 2 aromatic heterocycles. The van der Waals surface area contributed by atoms with Crippen molar-refractivity contribution in [2.24, 2.45) is 0 Å². The highest BCUT2D eigenvalue weighted by molar-refractivity contribution is 6.31. The van der Waals surface area contributed by atoms with E-state index < -0.39 is 23.4 Å². The molecule has 0 aliphatic carbocycles. The Morgan fingerprint density at radius 2 is 1.52 bits per heavy atom. The van der Waals surface area contributed by atoms with Gasteiger partial charge in [-0.2, -0.15) is 14.5 Å². The topological polar surface area (TPSA) is 103 Å². The van der Waals surface area contributed by atoms with E-state index in [0.29, 0.717) is 4.90 Å². The molecule has 0 unspecified atom stereocenters. The molecule has 9 nitrogen and oxygen atoms in total. The number of anilines is 1. The molecule has 0 radical (unpaired) electrons. The maximum atomic E-state index is 13.0. The van der Waals surface area contributed by atoms with Crippen LogP contribution in [0, 0.1) is 6.92 Å². The molecule has 0 saturated heterocycles. The van der Waals surface area contributed by atoms with Gasteiger partial charge in [-0.25, -0.2) is 14.6 Å². The Bertz CT molecular complexity index is 957. The zero-order valence-corrected chi connectivity index (χ0v) is 18.5. The van der Waals surface area contributed by atoms with Crippen LogP contribution in [0.15, 0.2) is 6.20 Å². The number of fused-ring (bicyclic) bond motifs is 1. The first-order chi connectivity index (χ1) is 13.1. The van der Waals surface area contributed by atoms with Gasteiger partial charge in [0, 0.05) is 5.56 Å². The van der Waals surface area contributed by atoms with Gasteiger partial charge in [-0.05, 0) is 55.4 Å². The molecule has 29 heavy (non-hydrogen) atoms. The van der Waals surface area contributed by atoms with Crippen molar-refractivity contribution in [1.82, 2.24) is 14.6 Å². The Morgan fingerprint density at radius 3 is 1.93 bits per heavy atom. The summed E-state index contributed by atoms with van der Waals surface area (Å²) in [6, 6.07) is 0. The molecule has 0 aliphatic rings. The lowest BCUT2D eigenvalue weighted by Crippen LogP contribution is -2.45. The number of ketones is 1. The van der Waals surface area contributed by atoms with E-state index in [4.69, 9.17) is 21.1 Å². The van der Waals surface area contributed by atoms with Crippen LogP contribution in [0.5, 0.6) is 0 Å². The predicted octanol–water partition coefficient (Wildman–Crippen LogP) is 4.57. The second kappa shape index (κ2) is 7.62. The monoisotopic (exact) mass is 424 g/mol. The molecule has 10 heteroatoms. The summed E-state index contributed by atoms with van der Waals surface area (Å²) in [4.78, 5) is 42.7. The lowest BCUT2D eigenvalue weighted by molar-refractivity contribution is 0.0427. The number of carbonyl (C=O) groups excluding carboxylic acids is 3. The molecule has 0 N–H and O–H groups in total.